The van der Waals surface area contributed by atoms with Crippen LogP contribution >= 0.6 is 11.6 Å². The molecule has 0 spiro atoms. The lowest BCUT2D eigenvalue weighted by Crippen LogP contribution is -2.16. The lowest BCUT2D eigenvalue weighted by molar-refractivity contribution is 0.102. The Hall–Kier alpha value is -3.52. The molecule has 1 aromatic carbocycles. The number of benzene rings is 1. The maximum atomic E-state index is 13.8. The van der Waals surface area contributed by atoms with Gasteiger partial charge in [0.15, 0.2) is 5.76 Å². The van der Waals surface area contributed by atoms with Crippen LogP contribution in [-0.2, 0) is 4.74 Å². The second-order valence-corrected chi connectivity index (χ2v) is 5.68. The van der Waals surface area contributed by atoms with Gasteiger partial charge in [0.05, 0.1) is 11.8 Å². The van der Waals surface area contributed by atoms with Gasteiger partial charge < -0.3 is 14.5 Å². The average molecular weight is 387 g/mol. The van der Waals surface area contributed by atoms with Crippen LogP contribution < -0.4 is 5.32 Å². The smallest absolute Gasteiger partial charge is 0.259 e. The number of pyridine rings is 1. The van der Waals surface area contributed by atoms with Gasteiger partial charge in [0.2, 0.25) is 5.90 Å². The molecule has 3 aromatic rings. The highest BCUT2D eigenvalue weighted by Gasteiger charge is 2.15. The Morgan fingerprint density at radius 2 is 2.00 bits per heavy atom. The molecule has 0 aliphatic heterocycles. The molecule has 0 unspecified atom stereocenters. The molecule has 0 bridgehead atoms. The number of nitrogens with one attached hydrogen (secondary N) is 3. The fourth-order valence-corrected chi connectivity index (χ4v) is 2.29. The highest BCUT2D eigenvalue weighted by atomic mass is 35.5. The van der Waals surface area contributed by atoms with Crippen LogP contribution in [0, 0.1) is 16.6 Å². The summed E-state index contributed by atoms with van der Waals surface area (Å²) >= 11 is 5.79. The number of rotatable bonds is 4. The molecule has 0 aliphatic rings. The molecule has 2 aromatic heterocycles. The van der Waals surface area contributed by atoms with E-state index in [1.54, 1.807) is 6.07 Å². The second kappa shape index (κ2) is 7.79. The number of amides is 1. The third kappa shape index (κ3) is 4.36. The molecule has 136 valence electrons. The van der Waals surface area contributed by atoms with Gasteiger partial charge in [-0.25, -0.2) is 9.37 Å². The van der Waals surface area contributed by atoms with E-state index in [2.05, 4.69) is 10.3 Å². The van der Waals surface area contributed by atoms with Gasteiger partial charge in [-0.2, -0.15) is 0 Å². The molecular formula is C18H12ClFN4O3. The van der Waals surface area contributed by atoms with Crippen molar-refractivity contribution in [2.24, 2.45) is 0 Å². The maximum Gasteiger partial charge on any atom is 0.259 e. The number of hydrogen-bond donors (Lipinski definition) is 3. The van der Waals surface area contributed by atoms with Crippen LogP contribution in [0.4, 0.5) is 10.2 Å². The van der Waals surface area contributed by atoms with E-state index in [0.29, 0.717) is 0 Å². The van der Waals surface area contributed by atoms with Crippen molar-refractivity contribution in [2.75, 3.05) is 5.32 Å². The van der Waals surface area contributed by atoms with Crippen LogP contribution in [0.3, 0.4) is 0 Å². The van der Waals surface area contributed by atoms with Crippen molar-refractivity contribution in [3.8, 4) is 0 Å². The first-order valence-electron chi connectivity index (χ1n) is 7.55. The fraction of sp³-hybridized carbons (Fsp3) is 0. The SMILES string of the molecule is N=C(OC(=N)c1ccco1)c1ccnc(NC(=O)c2cc(Cl)ccc2F)c1. The van der Waals surface area contributed by atoms with Crippen molar-refractivity contribution < 1.29 is 18.3 Å². The topological polar surface area (TPSA) is 112 Å². The minimum Gasteiger partial charge on any atom is -0.459 e. The Bertz CT molecular complexity index is 1020. The number of ether oxygens (including phenoxy) is 1. The quantitative estimate of drug-likeness (QED) is 0.463. The summed E-state index contributed by atoms with van der Waals surface area (Å²) in [6, 6.07) is 9.56. The van der Waals surface area contributed by atoms with Crippen molar-refractivity contribution >= 4 is 35.1 Å². The van der Waals surface area contributed by atoms with Crippen molar-refractivity contribution in [1.29, 1.82) is 10.8 Å². The van der Waals surface area contributed by atoms with Gasteiger partial charge in [0.1, 0.15) is 11.6 Å². The van der Waals surface area contributed by atoms with Crippen molar-refractivity contribution in [3.05, 3.63) is 82.7 Å². The summed E-state index contributed by atoms with van der Waals surface area (Å²) in [6.45, 7) is 0. The van der Waals surface area contributed by atoms with Crippen LogP contribution in [0.2, 0.25) is 5.02 Å². The highest BCUT2D eigenvalue weighted by Crippen LogP contribution is 2.17. The number of nitrogens with zero attached hydrogens (tertiary/aromatic N) is 1. The van der Waals surface area contributed by atoms with Crippen molar-refractivity contribution in [3.63, 3.8) is 0 Å². The predicted molar refractivity (Wildman–Crippen MR) is 97.1 cm³/mol. The van der Waals surface area contributed by atoms with Gasteiger partial charge in [0, 0.05) is 16.8 Å². The van der Waals surface area contributed by atoms with Gasteiger partial charge in [-0.3, -0.25) is 15.6 Å². The number of carbonyl (C=O) groups is 1. The summed E-state index contributed by atoms with van der Waals surface area (Å²) in [6.07, 6.45) is 2.72. The molecule has 2 heterocycles. The van der Waals surface area contributed by atoms with Gasteiger partial charge in [-0.15, -0.1) is 0 Å². The van der Waals surface area contributed by atoms with Crippen LogP contribution in [0.25, 0.3) is 0 Å². The summed E-state index contributed by atoms with van der Waals surface area (Å²) in [7, 11) is 0. The number of anilines is 1. The second-order valence-electron chi connectivity index (χ2n) is 5.25. The lowest BCUT2D eigenvalue weighted by atomic mass is 10.2. The van der Waals surface area contributed by atoms with E-state index < -0.39 is 11.7 Å². The van der Waals surface area contributed by atoms with E-state index in [1.807, 2.05) is 0 Å². The van der Waals surface area contributed by atoms with E-state index in [1.165, 1.54) is 42.8 Å². The molecule has 3 N–H and O–H groups in total. The highest BCUT2D eigenvalue weighted by molar-refractivity contribution is 6.31. The molecule has 0 aliphatic carbocycles. The Kier molecular flexibility index (Phi) is 5.28. The minimum absolute atomic E-state index is 0.0785. The van der Waals surface area contributed by atoms with Crippen molar-refractivity contribution in [2.45, 2.75) is 0 Å². The summed E-state index contributed by atoms with van der Waals surface area (Å²) in [4.78, 5) is 16.2. The summed E-state index contributed by atoms with van der Waals surface area (Å²) in [5, 5.41) is 18.3. The number of hydrogen-bond acceptors (Lipinski definition) is 6. The zero-order valence-electron chi connectivity index (χ0n) is 13.6. The molecule has 1 amide bonds. The Labute approximate surface area is 157 Å². The number of aromatic nitrogens is 1. The van der Waals surface area contributed by atoms with E-state index in [9.17, 15) is 9.18 Å². The average Bonchev–Trinajstić information content (AvgIpc) is 3.18. The third-order valence-electron chi connectivity index (χ3n) is 3.39. The molecular weight excluding hydrogens is 375 g/mol. The summed E-state index contributed by atoms with van der Waals surface area (Å²) in [5.41, 5.74) is 0.0174. The van der Waals surface area contributed by atoms with Gasteiger partial charge in [-0.1, -0.05) is 11.6 Å². The Morgan fingerprint density at radius 1 is 1.19 bits per heavy atom. The molecule has 7 nitrogen and oxygen atoms in total. The van der Waals surface area contributed by atoms with Crippen LogP contribution in [-0.4, -0.2) is 22.7 Å². The molecule has 0 atom stereocenters. The summed E-state index contributed by atoms with van der Waals surface area (Å²) in [5.74, 6) is -1.91. The van der Waals surface area contributed by atoms with Gasteiger partial charge in [-0.05, 0) is 42.5 Å². The predicted octanol–water partition coefficient (Wildman–Crippen LogP) is 4.09. The van der Waals surface area contributed by atoms with Crippen LogP contribution in [0.5, 0.6) is 0 Å². The molecule has 9 heteroatoms. The number of furan rings is 1. The zero-order chi connectivity index (χ0) is 19.4. The molecule has 3 rings (SSSR count). The normalized spacial score (nSPS) is 10.3. The monoisotopic (exact) mass is 386 g/mol. The third-order valence-corrected chi connectivity index (χ3v) is 3.62. The standard InChI is InChI=1S/C18H12ClFN4O3/c19-11-3-4-13(20)12(9-11)18(25)24-15-8-10(5-6-23-15)16(21)27-17(22)14-2-1-7-26-14/h1-9,21-22H,(H,23,24,25). The lowest BCUT2D eigenvalue weighted by Gasteiger charge is -2.09. The van der Waals surface area contributed by atoms with E-state index >= 15 is 0 Å². The van der Waals surface area contributed by atoms with E-state index in [-0.39, 0.29) is 39.5 Å². The largest absolute Gasteiger partial charge is 0.459 e. The van der Waals surface area contributed by atoms with Crippen LogP contribution in [0.15, 0.2) is 59.3 Å². The van der Waals surface area contributed by atoms with Crippen LogP contribution in [0.1, 0.15) is 21.7 Å². The number of halogens is 2. The fourth-order valence-electron chi connectivity index (χ4n) is 2.11. The summed E-state index contributed by atoms with van der Waals surface area (Å²) < 4.78 is 23.9. The Morgan fingerprint density at radius 3 is 2.74 bits per heavy atom. The first-order valence-corrected chi connectivity index (χ1v) is 7.93. The maximum absolute atomic E-state index is 13.8. The zero-order valence-corrected chi connectivity index (χ0v) is 14.4. The van der Waals surface area contributed by atoms with Crippen molar-refractivity contribution in [1.82, 2.24) is 4.98 Å². The molecule has 0 saturated heterocycles. The molecule has 0 fully saturated rings. The first kappa shape index (κ1) is 18.3. The van der Waals surface area contributed by atoms with E-state index in [0.717, 1.165) is 6.07 Å². The van der Waals surface area contributed by atoms with Gasteiger partial charge >= 0.3 is 0 Å². The van der Waals surface area contributed by atoms with E-state index in [4.69, 9.17) is 31.6 Å². The number of carbonyl (C=O) groups excluding carboxylic acids is 1. The minimum atomic E-state index is -0.740. The molecule has 27 heavy (non-hydrogen) atoms. The Balaban J connectivity index is 1.73. The molecule has 0 saturated carbocycles. The first-order chi connectivity index (χ1) is 12.9. The van der Waals surface area contributed by atoms with Gasteiger partial charge in [0.25, 0.3) is 11.8 Å². The molecule has 0 radical (unpaired) electrons.